The van der Waals surface area contributed by atoms with Crippen LogP contribution in [0.2, 0.25) is 0 Å². The minimum Gasteiger partial charge on any atom is -0.344 e. The molecule has 1 aromatic carbocycles. The highest BCUT2D eigenvalue weighted by Gasteiger charge is 2.18. The molecule has 124 valence electrons. The maximum atomic E-state index is 12.4. The summed E-state index contributed by atoms with van der Waals surface area (Å²) in [6.45, 7) is 2.64. The van der Waals surface area contributed by atoms with E-state index in [1.54, 1.807) is 16.0 Å². The molecule has 1 amide bonds. The summed E-state index contributed by atoms with van der Waals surface area (Å²) in [7, 11) is 0. The minimum absolute atomic E-state index is 0.0482. The Morgan fingerprint density at radius 3 is 2.83 bits per heavy atom. The second-order valence-electron chi connectivity index (χ2n) is 4.99. The zero-order valence-electron chi connectivity index (χ0n) is 13.1. The van der Waals surface area contributed by atoms with Gasteiger partial charge in [-0.25, -0.2) is 4.68 Å². The van der Waals surface area contributed by atoms with Crippen LogP contribution in [0.15, 0.2) is 53.0 Å². The Hall–Kier alpha value is -2.19. The van der Waals surface area contributed by atoms with Crippen molar-refractivity contribution in [1.82, 2.24) is 25.5 Å². The van der Waals surface area contributed by atoms with Crippen LogP contribution in [0.3, 0.4) is 0 Å². The molecule has 6 nitrogen and oxygen atoms in total. The third kappa shape index (κ3) is 4.01. The van der Waals surface area contributed by atoms with Gasteiger partial charge in [-0.05, 0) is 34.4 Å². The average Bonchev–Trinajstić information content (AvgIpc) is 3.30. The molecule has 0 aliphatic carbocycles. The summed E-state index contributed by atoms with van der Waals surface area (Å²) >= 11 is 2.97. The van der Waals surface area contributed by atoms with Crippen molar-refractivity contribution >= 4 is 29.0 Å². The first-order chi connectivity index (χ1) is 11.8. The van der Waals surface area contributed by atoms with Gasteiger partial charge >= 0.3 is 0 Å². The summed E-state index contributed by atoms with van der Waals surface area (Å²) in [4.78, 5) is 13.5. The highest BCUT2D eigenvalue weighted by Crippen LogP contribution is 2.26. The third-order valence-electron chi connectivity index (χ3n) is 3.40. The number of carbonyl (C=O) groups is 1. The van der Waals surface area contributed by atoms with Gasteiger partial charge in [0, 0.05) is 11.4 Å². The van der Waals surface area contributed by atoms with Gasteiger partial charge in [-0.15, -0.1) is 16.4 Å². The Morgan fingerprint density at radius 1 is 1.29 bits per heavy atom. The number of rotatable bonds is 7. The standard InChI is InChI=1S/C16H17N5OS2/c1-2-21-16(18-19-20-21)24-11-14(22)17-15(13-9-6-10-23-13)12-7-4-3-5-8-12/h3-10,15H,2,11H2,1H3,(H,17,22)/t15-/m0/s1. The summed E-state index contributed by atoms with van der Waals surface area (Å²) in [6.07, 6.45) is 0. The first kappa shape index (κ1) is 16.7. The topological polar surface area (TPSA) is 72.7 Å². The van der Waals surface area contributed by atoms with Crippen molar-refractivity contribution in [1.29, 1.82) is 0 Å². The second kappa shape index (κ2) is 8.07. The van der Waals surface area contributed by atoms with Crippen molar-refractivity contribution in [2.45, 2.75) is 24.7 Å². The number of hydrogen-bond acceptors (Lipinski definition) is 6. The maximum absolute atomic E-state index is 12.4. The Balaban J connectivity index is 1.68. The summed E-state index contributed by atoms with van der Waals surface area (Å²) in [6, 6.07) is 13.9. The zero-order valence-corrected chi connectivity index (χ0v) is 14.8. The number of amides is 1. The second-order valence-corrected chi connectivity index (χ2v) is 6.91. The molecule has 0 spiro atoms. The van der Waals surface area contributed by atoms with Crippen LogP contribution in [-0.4, -0.2) is 31.9 Å². The molecule has 24 heavy (non-hydrogen) atoms. The van der Waals surface area contributed by atoms with Crippen LogP contribution in [0.5, 0.6) is 0 Å². The van der Waals surface area contributed by atoms with Crippen molar-refractivity contribution in [3.8, 4) is 0 Å². The number of carbonyl (C=O) groups excluding carboxylic acids is 1. The summed E-state index contributed by atoms with van der Waals surface area (Å²) in [5.41, 5.74) is 1.07. The van der Waals surface area contributed by atoms with Gasteiger partial charge in [0.1, 0.15) is 0 Å². The maximum Gasteiger partial charge on any atom is 0.231 e. The van der Waals surface area contributed by atoms with Gasteiger partial charge < -0.3 is 5.32 Å². The lowest BCUT2D eigenvalue weighted by atomic mass is 10.1. The molecule has 0 aliphatic heterocycles. The molecule has 0 saturated carbocycles. The van der Waals surface area contributed by atoms with Crippen molar-refractivity contribution in [3.63, 3.8) is 0 Å². The fraction of sp³-hybridized carbons (Fsp3) is 0.250. The van der Waals surface area contributed by atoms with E-state index in [1.165, 1.54) is 11.8 Å². The molecule has 3 aromatic rings. The molecule has 3 rings (SSSR count). The molecular formula is C16H17N5OS2. The highest BCUT2D eigenvalue weighted by atomic mass is 32.2. The minimum atomic E-state index is -0.138. The van der Waals surface area contributed by atoms with Crippen LogP contribution in [0.4, 0.5) is 0 Å². The van der Waals surface area contributed by atoms with E-state index in [4.69, 9.17) is 0 Å². The number of hydrogen-bond donors (Lipinski definition) is 1. The van der Waals surface area contributed by atoms with E-state index < -0.39 is 0 Å². The number of aryl methyl sites for hydroxylation is 1. The highest BCUT2D eigenvalue weighted by molar-refractivity contribution is 7.99. The number of aromatic nitrogens is 4. The van der Waals surface area contributed by atoms with Gasteiger partial charge in [0.15, 0.2) is 0 Å². The Bertz CT molecular complexity index is 773. The van der Waals surface area contributed by atoms with E-state index in [1.807, 2.05) is 54.8 Å². The quantitative estimate of drug-likeness (QED) is 0.657. The van der Waals surface area contributed by atoms with Crippen molar-refractivity contribution < 1.29 is 4.79 Å². The van der Waals surface area contributed by atoms with E-state index in [-0.39, 0.29) is 17.7 Å². The van der Waals surface area contributed by atoms with Gasteiger partial charge in [-0.1, -0.05) is 48.2 Å². The van der Waals surface area contributed by atoms with Crippen molar-refractivity contribution in [2.24, 2.45) is 0 Å². The first-order valence-electron chi connectivity index (χ1n) is 7.54. The van der Waals surface area contributed by atoms with Crippen LogP contribution >= 0.6 is 23.1 Å². The molecule has 1 atom stereocenters. The summed E-state index contributed by atoms with van der Waals surface area (Å²) < 4.78 is 1.67. The number of thiophene rings is 1. The molecule has 0 aliphatic rings. The molecular weight excluding hydrogens is 342 g/mol. The number of benzene rings is 1. The van der Waals surface area contributed by atoms with E-state index in [9.17, 15) is 4.79 Å². The Labute approximate surface area is 148 Å². The zero-order chi connectivity index (χ0) is 16.8. The van der Waals surface area contributed by atoms with Crippen LogP contribution in [-0.2, 0) is 11.3 Å². The SMILES string of the molecule is CCn1nnnc1SCC(=O)N[C@@H](c1ccccc1)c1cccs1. The van der Waals surface area contributed by atoms with Gasteiger partial charge in [-0.3, -0.25) is 4.79 Å². The first-order valence-corrected chi connectivity index (χ1v) is 9.41. The number of nitrogens with one attached hydrogen (secondary N) is 1. The van der Waals surface area contributed by atoms with E-state index in [0.717, 1.165) is 10.4 Å². The van der Waals surface area contributed by atoms with Gasteiger partial charge in [-0.2, -0.15) is 0 Å². The summed E-state index contributed by atoms with van der Waals surface area (Å²) in [5.74, 6) is 0.225. The number of thioether (sulfide) groups is 1. The molecule has 0 radical (unpaired) electrons. The van der Waals surface area contributed by atoms with Crippen LogP contribution in [0, 0.1) is 0 Å². The predicted octanol–water partition coefficient (Wildman–Crippen LogP) is 2.75. The monoisotopic (exact) mass is 359 g/mol. The molecule has 0 bridgehead atoms. The van der Waals surface area contributed by atoms with Gasteiger partial charge in [0.2, 0.25) is 11.1 Å². The summed E-state index contributed by atoms with van der Waals surface area (Å²) in [5, 5.41) is 17.2. The normalized spacial score (nSPS) is 12.0. The fourth-order valence-corrected chi connectivity index (χ4v) is 3.81. The fourth-order valence-electron chi connectivity index (χ4n) is 2.25. The molecule has 0 unspecified atom stereocenters. The molecule has 2 aromatic heterocycles. The van der Waals surface area contributed by atoms with Crippen molar-refractivity contribution in [3.05, 3.63) is 58.3 Å². The van der Waals surface area contributed by atoms with Crippen molar-refractivity contribution in [2.75, 3.05) is 5.75 Å². The third-order valence-corrected chi connectivity index (χ3v) is 5.29. The van der Waals surface area contributed by atoms with Gasteiger partial charge in [0.05, 0.1) is 11.8 Å². The lowest BCUT2D eigenvalue weighted by Crippen LogP contribution is -2.30. The molecule has 1 N–H and O–H groups in total. The Morgan fingerprint density at radius 2 is 2.12 bits per heavy atom. The lowest BCUT2D eigenvalue weighted by molar-refractivity contribution is -0.119. The smallest absolute Gasteiger partial charge is 0.231 e. The van der Waals surface area contributed by atoms with Crippen LogP contribution < -0.4 is 5.32 Å². The predicted molar refractivity (Wildman–Crippen MR) is 95.0 cm³/mol. The van der Waals surface area contributed by atoms with Crippen LogP contribution in [0.25, 0.3) is 0 Å². The average molecular weight is 359 g/mol. The number of nitrogens with zero attached hydrogens (tertiary/aromatic N) is 4. The molecule has 0 fully saturated rings. The largest absolute Gasteiger partial charge is 0.344 e. The molecule has 8 heteroatoms. The van der Waals surface area contributed by atoms with E-state index in [2.05, 4.69) is 20.8 Å². The van der Waals surface area contributed by atoms with Crippen LogP contribution in [0.1, 0.15) is 23.4 Å². The lowest BCUT2D eigenvalue weighted by Gasteiger charge is -2.18. The molecule has 0 saturated heterocycles. The van der Waals surface area contributed by atoms with E-state index in [0.29, 0.717) is 11.7 Å². The Kier molecular flexibility index (Phi) is 5.60. The van der Waals surface area contributed by atoms with E-state index >= 15 is 0 Å². The number of tetrazole rings is 1. The van der Waals surface area contributed by atoms with Gasteiger partial charge in [0.25, 0.3) is 0 Å². The molecule has 2 heterocycles.